The molecule has 0 saturated carbocycles. The first kappa shape index (κ1) is 14.3. The summed E-state index contributed by atoms with van der Waals surface area (Å²) in [7, 11) is 0. The summed E-state index contributed by atoms with van der Waals surface area (Å²) < 4.78 is 6.89. The van der Waals surface area contributed by atoms with Crippen LogP contribution in [-0.2, 0) is 4.74 Å². The van der Waals surface area contributed by atoms with Crippen LogP contribution < -0.4 is 0 Å². The van der Waals surface area contributed by atoms with Gasteiger partial charge < -0.3 is 14.4 Å². The van der Waals surface area contributed by atoms with Crippen LogP contribution in [-0.4, -0.2) is 33.3 Å². The van der Waals surface area contributed by atoms with Crippen LogP contribution in [0.25, 0.3) is 0 Å². The number of ether oxygens (including phenoxy) is 1. The molecule has 1 N–H and O–H groups in total. The lowest BCUT2D eigenvalue weighted by Gasteiger charge is -2.17. The van der Waals surface area contributed by atoms with Crippen molar-refractivity contribution >= 4 is 5.97 Å². The number of aliphatic hydroxyl groups excluding tert-OH is 1. The molecule has 2 rings (SSSR count). The molecule has 0 aliphatic heterocycles. The van der Waals surface area contributed by atoms with E-state index in [-0.39, 0.29) is 12.6 Å². The highest BCUT2D eigenvalue weighted by Gasteiger charge is 2.19. The lowest BCUT2D eigenvalue weighted by Crippen LogP contribution is -2.21. The van der Waals surface area contributed by atoms with Crippen LogP contribution in [0.3, 0.4) is 0 Å². The van der Waals surface area contributed by atoms with E-state index in [4.69, 9.17) is 9.84 Å². The molecule has 2 aromatic rings. The minimum absolute atomic E-state index is 0.0225. The van der Waals surface area contributed by atoms with Crippen molar-refractivity contribution in [3.05, 3.63) is 54.1 Å². The number of benzene rings is 1. The third kappa shape index (κ3) is 3.05. The van der Waals surface area contributed by atoms with E-state index in [1.165, 1.54) is 6.20 Å². The molecule has 1 aromatic carbocycles. The van der Waals surface area contributed by atoms with Gasteiger partial charge in [-0.25, -0.2) is 9.78 Å². The number of hydrogen-bond acceptors (Lipinski definition) is 4. The van der Waals surface area contributed by atoms with Crippen LogP contribution in [0, 0.1) is 0 Å². The number of esters is 1. The van der Waals surface area contributed by atoms with Gasteiger partial charge >= 0.3 is 5.97 Å². The van der Waals surface area contributed by atoms with Crippen LogP contribution in [0.4, 0.5) is 0 Å². The Kier molecular flexibility index (Phi) is 4.53. The Bertz CT molecular complexity index is 566. The number of aliphatic hydroxyl groups is 1. The molecule has 0 amide bonds. The number of rotatable bonds is 5. The van der Waals surface area contributed by atoms with E-state index in [1.807, 2.05) is 37.3 Å². The second kappa shape index (κ2) is 6.34. The highest BCUT2D eigenvalue weighted by Crippen LogP contribution is 2.19. The van der Waals surface area contributed by atoms with Gasteiger partial charge in [-0.2, -0.15) is 0 Å². The van der Waals surface area contributed by atoms with E-state index < -0.39 is 12.1 Å². The van der Waals surface area contributed by atoms with E-state index in [1.54, 1.807) is 17.8 Å². The predicted octanol–water partition coefficient (Wildman–Crippen LogP) is 2.03. The van der Waals surface area contributed by atoms with Crippen molar-refractivity contribution < 1.29 is 14.6 Å². The van der Waals surface area contributed by atoms with Gasteiger partial charge in [0.05, 0.1) is 25.2 Å². The molecule has 5 heteroatoms. The first-order valence-electron chi connectivity index (χ1n) is 6.52. The molecule has 0 fully saturated rings. The van der Waals surface area contributed by atoms with Crippen LogP contribution in [0.1, 0.15) is 35.9 Å². The number of aromatic nitrogens is 2. The van der Waals surface area contributed by atoms with E-state index in [0.29, 0.717) is 5.69 Å². The zero-order chi connectivity index (χ0) is 14.5. The smallest absolute Gasteiger partial charge is 0.356 e. The molecular weight excluding hydrogens is 256 g/mol. The Morgan fingerprint density at radius 3 is 2.70 bits per heavy atom. The van der Waals surface area contributed by atoms with Gasteiger partial charge in [-0.05, 0) is 19.4 Å². The van der Waals surface area contributed by atoms with Gasteiger partial charge in [-0.15, -0.1) is 0 Å². The van der Waals surface area contributed by atoms with Crippen LogP contribution in [0.5, 0.6) is 0 Å². The molecule has 0 aliphatic carbocycles. The van der Waals surface area contributed by atoms with Gasteiger partial charge in [0.25, 0.3) is 0 Å². The van der Waals surface area contributed by atoms with Crippen LogP contribution in [0.2, 0.25) is 0 Å². The summed E-state index contributed by atoms with van der Waals surface area (Å²) in [4.78, 5) is 16.1. The van der Waals surface area contributed by atoms with Gasteiger partial charge in [0.15, 0.2) is 0 Å². The average Bonchev–Trinajstić information content (AvgIpc) is 2.96. The SMILES string of the molecule is CC(CO)OC(=O)c1cncn1[C@H](C)c1ccccc1. The topological polar surface area (TPSA) is 64.3 Å². The van der Waals surface area contributed by atoms with Gasteiger partial charge in [0.2, 0.25) is 0 Å². The van der Waals surface area contributed by atoms with E-state index in [9.17, 15) is 4.79 Å². The molecule has 0 spiro atoms. The molecule has 0 bridgehead atoms. The molecule has 106 valence electrons. The third-order valence-electron chi connectivity index (χ3n) is 3.14. The average molecular weight is 274 g/mol. The van der Waals surface area contributed by atoms with Crippen molar-refractivity contribution in [1.29, 1.82) is 0 Å². The zero-order valence-electron chi connectivity index (χ0n) is 11.6. The molecule has 20 heavy (non-hydrogen) atoms. The molecule has 0 aliphatic rings. The summed E-state index contributed by atoms with van der Waals surface area (Å²) in [5.74, 6) is -0.480. The van der Waals surface area contributed by atoms with Crippen molar-refractivity contribution in [2.75, 3.05) is 6.61 Å². The van der Waals surface area contributed by atoms with E-state index in [0.717, 1.165) is 5.56 Å². The zero-order valence-corrected chi connectivity index (χ0v) is 11.6. The summed E-state index contributed by atoms with van der Waals surface area (Å²) in [5, 5.41) is 8.94. The predicted molar refractivity (Wildman–Crippen MR) is 74.4 cm³/mol. The standard InChI is InChI=1S/C15H18N2O3/c1-11(9-18)20-15(19)14-8-16-10-17(14)12(2)13-6-4-3-5-7-13/h3-8,10-12,18H,9H2,1-2H3/t11?,12-/m1/s1. The summed E-state index contributed by atoms with van der Waals surface area (Å²) in [5.41, 5.74) is 1.46. The molecule has 1 aromatic heterocycles. The fourth-order valence-corrected chi connectivity index (χ4v) is 1.94. The molecule has 0 saturated heterocycles. The highest BCUT2D eigenvalue weighted by atomic mass is 16.6. The maximum absolute atomic E-state index is 12.0. The second-order valence-corrected chi connectivity index (χ2v) is 4.67. The Hall–Kier alpha value is -2.14. The quantitative estimate of drug-likeness (QED) is 0.847. The number of hydrogen-bond donors (Lipinski definition) is 1. The van der Waals surface area contributed by atoms with Crippen molar-refractivity contribution in [3.63, 3.8) is 0 Å². The molecule has 0 radical (unpaired) electrons. The second-order valence-electron chi connectivity index (χ2n) is 4.67. The number of carbonyl (C=O) groups is 1. The lowest BCUT2D eigenvalue weighted by atomic mass is 10.1. The molecule has 2 atom stereocenters. The maximum atomic E-state index is 12.0. The highest BCUT2D eigenvalue weighted by molar-refractivity contribution is 5.87. The Labute approximate surface area is 117 Å². The van der Waals surface area contributed by atoms with Gasteiger partial charge in [0.1, 0.15) is 11.8 Å². The number of carbonyl (C=O) groups excluding carboxylic acids is 1. The summed E-state index contributed by atoms with van der Waals surface area (Å²) in [6.07, 6.45) is 2.56. The lowest BCUT2D eigenvalue weighted by molar-refractivity contribution is 0.0184. The maximum Gasteiger partial charge on any atom is 0.356 e. The minimum Gasteiger partial charge on any atom is -0.456 e. The number of imidazole rings is 1. The molecule has 1 heterocycles. The third-order valence-corrected chi connectivity index (χ3v) is 3.14. The van der Waals surface area contributed by atoms with Crippen LogP contribution >= 0.6 is 0 Å². The van der Waals surface area contributed by atoms with Gasteiger partial charge in [-0.3, -0.25) is 0 Å². The fourth-order valence-electron chi connectivity index (χ4n) is 1.94. The Morgan fingerprint density at radius 2 is 2.05 bits per heavy atom. The molecular formula is C15H18N2O3. The van der Waals surface area contributed by atoms with E-state index in [2.05, 4.69) is 4.98 Å². The summed E-state index contributed by atoms with van der Waals surface area (Å²) >= 11 is 0. The van der Waals surface area contributed by atoms with E-state index >= 15 is 0 Å². The minimum atomic E-state index is -0.530. The van der Waals surface area contributed by atoms with Crippen LogP contribution in [0.15, 0.2) is 42.9 Å². The normalized spacial score (nSPS) is 13.8. The summed E-state index contributed by atoms with van der Waals surface area (Å²) in [6.45, 7) is 3.43. The van der Waals surface area contributed by atoms with Gasteiger partial charge in [-0.1, -0.05) is 30.3 Å². The largest absolute Gasteiger partial charge is 0.456 e. The Balaban J connectivity index is 2.22. The van der Waals surface area contributed by atoms with Gasteiger partial charge in [0, 0.05) is 0 Å². The molecule has 5 nitrogen and oxygen atoms in total. The first-order chi connectivity index (χ1) is 9.63. The Morgan fingerprint density at radius 1 is 1.35 bits per heavy atom. The fraction of sp³-hybridized carbons (Fsp3) is 0.333. The van der Waals surface area contributed by atoms with Crippen molar-refractivity contribution in [3.8, 4) is 0 Å². The summed E-state index contributed by atoms with van der Waals surface area (Å²) in [6, 6.07) is 9.82. The molecule has 1 unspecified atom stereocenters. The van der Waals surface area contributed by atoms with Crippen molar-refractivity contribution in [1.82, 2.24) is 9.55 Å². The number of nitrogens with zero attached hydrogens (tertiary/aromatic N) is 2. The van der Waals surface area contributed by atoms with Crippen molar-refractivity contribution in [2.24, 2.45) is 0 Å². The monoisotopic (exact) mass is 274 g/mol. The first-order valence-corrected chi connectivity index (χ1v) is 6.52. The van der Waals surface area contributed by atoms with Crippen molar-refractivity contribution in [2.45, 2.75) is 26.0 Å².